The molecule has 0 amide bonds. The number of nitrogens with zero attached hydrogens (tertiary/aromatic N) is 1. The lowest BCUT2D eigenvalue weighted by Gasteiger charge is -2.38. The minimum Gasteiger partial charge on any atom is -0.465 e. The van der Waals surface area contributed by atoms with Crippen LogP contribution in [0.4, 0.5) is 0 Å². The third-order valence-electron chi connectivity index (χ3n) is 4.83. The maximum Gasteiger partial charge on any atom is 0.327 e. The summed E-state index contributed by atoms with van der Waals surface area (Å²) in [6, 6.07) is 0. The van der Waals surface area contributed by atoms with E-state index in [0.29, 0.717) is 12.5 Å². The van der Waals surface area contributed by atoms with Crippen LogP contribution in [-0.2, 0) is 9.53 Å². The van der Waals surface area contributed by atoms with E-state index in [1.807, 2.05) is 6.92 Å². The summed E-state index contributed by atoms with van der Waals surface area (Å²) in [5.74, 6) is 0.429. The van der Waals surface area contributed by atoms with Crippen molar-refractivity contribution in [2.75, 3.05) is 32.8 Å². The van der Waals surface area contributed by atoms with Gasteiger partial charge in [-0.15, -0.1) is 0 Å². The quantitative estimate of drug-likeness (QED) is 0.733. The molecule has 0 aromatic heterocycles. The van der Waals surface area contributed by atoms with Crippen molar-refractivity contribution in [3.05, 3.63) is 0 Å². The van der Waals surface area contributed by atoms with Gasteiger partial charge >= 0.3 is 5.97 Å². The molecule has 4 heteroatoms. The molecule has 1 atom stereocenters. The van der Waals surface area contributed by atoms with Gasteiger partial charge in [0.25, 0.3) is 0 Å². The molecule has 1 saturated carbocycles. The normalized spacial score (nSPS) is 23.9. The van der Waals surface area contributed by atoms with E-state index in [1.54, 1.807) is 0 Å². The van der Waals surface area contributed by atoms with E-state index in [2.05, 4.69) is 17.1 Å². The van der Waals surface area contributed by atoms with Crippen LogP contribution in [0.25, 0.3) is 0 Å². The summed E-state index contributed by atoms with van der Waals surface area (Å²) in [7, 11) is 0. The van der Waals surface area contributed by atoms with Crippen LogP contribution in [0.3, 0.4) is 0 Å². The summed E-state index contributed by atoms with van der Waals surface area (Å²) < 4.78 is 5.43. The van der Waals surface area contributed by atoms with Gasteiger partial charge in [0, 0.05) is 6.54 Å². The molecule has 2 rings (SSSR count). The Morgan fingerprint density at radius 1 is 1.14 bits per heavy atom. The van der Waals surface area contributed by atoms with Crippen molar-refractivity contribution in [2.45, 2.75) is 64.3 Å². The fourth-order valence-electron chi connectivity index (χ4n) is 3.61. The first-order valence-electron chi connectivity index (χ1n) is 8.87. The molecule has 122 valence electrons. The Morgan fingerprint density at radius 3 is 2.29 bits per heavy atom. The van der Waals surface area contributed by atoms with Crippen molar-refractivity contribution >= 4 is 5.97 Å². The number of likely N-dealkylation sites (N-methyl/N-ethyl adjacent to an activating group) is 1. The van der Waals surface area contributed by atoms with E-state index in [0.717, 1.165) is 39.0 Å². The van der Waals surface area contributed by atoms with E-state index >= 15 is 0 Å². The molecule has 2 aliphatic rings. The highest BCUT2D eigenvalue weighted by Gasteiger charge is 2.52. The predicted molar refractivity (Wildman–Crippen MR) is 85.3 cm³/mol. The molecular formula is C17H32N2O2. The second kappa shape index (κ2) is 8.14. The van der Waals surface area contributed by atoms with Crippen LogP contribution < -0.4 is 5.32 Å². The van der Waals surface area contributed by atoms with Crippen LogP contribution in [0.5, 0.6) is 0 Å². The van der Waals surface area contributed by atoms with Gasteiger partial charge < -0.3 is 15.0 Å². The van der Waals surface area contributed by atoms with Gasteiger partial charge in [0.2, 0.25) is 0 Å². The van der Waals surface area contributed by atoms with Gasteiger partial charge in [-0.3, -0.25) is 0 Å². The summed E-state index contributed by atoms with van der Waals surface area (Å²) in [4.78, 5) is 15.1. The lowest BCUT2D eigenvalue weighted by Crippen LogP contribution is -2.61. The van der Waals surface area contributed by atoms with Crippen LogP contribution in [0.2, 0.25) is 0 Å². The molecule has 1 aliphatic carbocycles. The number of carbonyl (C=O) groups excluding carboxylic acids is 1. The molecule has 2 fully saturated rings. The van der Waals surface area contributed by atoms with Crippen LogP contribution >= 0.6 is 0 Å². The second-order valence-corrected chi connectivity index (χ2v) is 6.54. The van der Waals surface area contributed by atoms with E-state index in [4.69, 9.17) is 4.74 Å². The summed E-state index contributed by atoms with van der Waals surface area (Å²) in [5, 5.41) is 3.51. The van der Waals surface area contributed by atoms with Crippen LogP contribution in [0.1, 0.15) is 58.8 Å². The third-order valence-corrected chi connectivity index (χ3v) is 4.83. The molecule has 0 radical (unpaired) electrons. The highest BCUT2D eigenvalue weighted by Crippen LogP contribution is 2.41. The van der Waals surface area contributed by atoms with Crippen LogP contribution in [0, 0.1) is 5.92 Å². The molecule has 21 heavy (non-hydrogen) atoms. The topological polar surface area (TPSA) is 41.6 Å². The molecule has 1 unspecified atom stereocenters. The second-order valence-electron chi connectivity index (χ2n) is 6.54. The minimum absolute atomic E-state index is 0.0311. The predicted octanol–water partition coefficient (Wildman–Crippen LogP) is 2.57. The average molecular weight is 296 g/mol. The largest absolute Gasteiger partial charge is 0.465 e. The van der Waals surface area contributed by atoms with Gasteiger partial charge in [-0.25, -0.2) is 4.79 Å². The zero-order chi connectivity index (χ0) is 15.1. The van der Waals surface area contributed by atoms with Gasteiger partial charge in [0.15, 0.2) is 0 Å². The van der Waals surface area contributed by atoms with Crippen LogP contribution in [0.15, 0.2) is 0 Å². The first-order valence-corrected chi connectivity index (χ1v) is 8.87. The van der Waals surface area contributed by atoms with Crippen molar-refractivity contribution in [2.24, 2.45) is 5.92 Å². The first-order chi connectivity index (χ1) is 10.2. The Bertz CT molecular complexity index is 323. The van der Waals surface area contributed by atoms with Crippen molar-refractivity contribution in [3.63, 3.8) is 0 Å². The number of rotatable bonds is 7. The Balaban J connectivity index is 2.07. The fraction of sp³-hybridized carbons (Fsp3) is 0.941. The molecule has 1 saturated heterocycles. The zero-order valence-electron chi connectivity index (χ0n) is 13.8. The first kappa shape index (κ1) is 16.8. The molecule has 1 heterocycles. The number of hydrogen-bond donors (Lipinski definition) is 1. The zero-order valence-corrected chi connectivity index (χ0v) is 13.8. The highest BCUT2D eigenvalue weighted by atomic mass is 16.5. The van der Waals surface area contributed by atoms with Gasteiger partial charge in [-0.05, 0) is 58.2 Å². The molecule has 0 aromatic rings. The number of ether oxygens (including phenoxy) is 1. The lowest BCUT2D eigenvalue weighted by molar-refractivity contribution is -0.153. The van der Waals surface area contributed by atoms with Crippen molar-refractivity contribution in [1.82, 2.24) is 10.2 Å². The SMILES string of the molecule is CCNC(CN1CCCCCCC1)(C(=O)OCC)C1CC1. The van der Waals surface area contributed by atoms with Gasteiger partial charge in [-0.2, -0.15) is 0 Å². The monoisotopic (exact) mass is 296 g/mol. The average Bonchev–Trinajstić information content (AvgIpc) is 3.25. The number of carbonyl (C=O) groups is 1. The van der Waals surface area contributed by atoms with Crippen molar-refractivity contribution < 1.29 is 9.53 Å². The standard InChI is InChI=1S/C17H32N2O2/c1-3-18-17(15-10-11-15,16(20)21-4-2)14-19-12-8-6-5-7-9-13-19/h15,18H,3-14H2,1-2H3. The molecule has 1 N–H and O–H groups in total. The highest BCUT2D eigenvalue weighted by molar-refractivity contribution is 5.82. The van der Waals surface area contributed by atoms with E-state index in [1.165, 1.54) is 32.1 Å². The fourth-order valence-corrected chi connectivity index (χ4v) is 3.61. The number of likely N-dealkylation sites (tertiary alicyclic amines) is 1. The van der Waals surface area contributed by atoms with Crippen LogP contribution in [-0.4, -0.2) is 49.2 Å². The van der Waals surface area contributed by atoms with E-state index in [9.17, 15) is 4.79 Å². The maximum atomic E-state index is 12.7. The summed E-state index contributed by atoms with van der Waals surface area (Å²) in [5.41, 5.74) is -0.468. The number of nitrogens with one attached hydrogen (secondary N) is 1. The van der Waals surface area contributed by atoms with Crippen molar-refractivity contribution in [1.29, 1.82) is 0 Å². The van der Waals surface area contributed by atoms with E-state index in [-0.39, 0.29) is 5.97 Å². The third kappa shape index (κ3) is 4.43. The molecule has 0 aromatic carbocycles. The Kier molecular flexibility index (Phi) is 6.49. The Labute approximate surface area is 129 Å². The number of hydrogen-bond acceptors (Lipinski definition) is 4. The molecule has 4 nitrogen and oxygen atoms in total. The molecule has 1 aliphatic heterocycles. The summed E-state index contributed by atoms with van der Waals surface area (Å²) >= 11 is 0. The Morgan fingerprint density at radius 2 is 1.76 bits per heavy atom. The van der Waals surface area contributed by atoms with Gasteiger partial charge in [0.1, 0.15) is 5.54 Å². The lowest BCUT2D eigenvalue weighted by atomic mass is 9.91. The van der Waals surface area contributed by atoms with Gasteiger partial charge in [-0.1, -0.05) is 26.2 Å². The number of esters is 1. The summed E-state index contributed by atoms with van der Waals surface area (Å²) in [6.07, 6.45) is 8.85. The molecule has 0 spiro atoms. The Hall–Kier alpha value is -0.610. The van der Waals surface area contributed by atoms with E-state index < -0.39 is 5.54 Å². The molecular weight excluding hydrogens is 264 g/mol. The van der Waals surface area contributed by atoms with Crippen molar-refractivity contribution in [3.8, 4) is 0 Å². The van der Waals surface area contributed by atoms with Gasteiger partial charge in [0.05, 0.1) is 6.61 Å². The summed E-state index contributed by atoms with van der Waals surface area (Å²) in [6.45, 7) is 8.35. The minimum atomic E-state index is -0.468. The molecule has 0 bridgehead atoms. The smallest absolute Gasteiger partial charge is 0.327 e. The maximum absolute atomic E-state index is 12.7.